The largest absolute Gasteiger partial charge is 0.462 e. The van der Waals surface area contributed by atoms with Gasteiger partial charge in [0.05, 0.1) is 31.2 Å². The Labute approximate surface area is 177 Å². The molecule has 0 aliphatic heterocycles. The van der Waals surface area contributed by atoms with Gasteiger partial charge in [-0.15, -0.1) is 0 Å². The maximum atomic E-state index is 13.0. The number of unbranched alkanes of at least 4 members (excludes halogenated alkanes) is 1. The number of aliphatic hydroxyl groups excluding tert-OH is 1. The number of esters is 1. The number of rotatable bonds is 13. The predicted molar refractivity (Wildman–Crippen MR) is 118 cm³/mol. The SMILES string of the molecule is C=CC(O)OCCCCOC(=O)C(/C=C\C(=C)/C=N/N=C/C1=CCC(F)C=C1)=C/C. The van der Waals surface area contributed by atoms with Gasteiger partial charge in [-0.05, 0) is 49.1 Å². The maximum Gasteiger partial charge on any atom is 0.337 e. The van der Waals surface area contributed by atoms with E-state index in [1.807, 2.05) is 0 Å². The van der Waals surface area contributed by atoms with Gasteiger partial charge in [0.25, 0.3) is 0 Å². The second-order valence-corrected chi connectivity index (χ2v) is 6.30. The molecule has 1 aliphatic carbocycles. The van der Waals surface area contributed by atoms with Crippen molar-refractivity contribution in [3.8, 4) is 0 Å². The summed E-state index contributed by atoms with van der Waals surface area (Å²) in [5.74, 6) is -0.439. The molecule has 0 fully saturated rings. The van der Waals surface area contributed by atoms with E-state index in [0.29, 0.717) is 37.0 Å². The van der Waals surface area contributed by atoms with Crippen molar-refractivity contribution < 1.29 is 23.8 Å². The van der Waals surface area contributed by atoms with E-state index in [2.05, 4.69) is 23.4 Å². The van der Waals surface area contributed by atoms with E-state index in [0.717, 1.165) is 5.57 Å². The van der Waals surface area contributed by atoms with Crippen LogP contribution in [-0.2, 0) is 14.3 Å². The minimum Gasteiger partial charge on any atom is -0.462 e. The third-order valence-corrected chi connectivity index (χ3v) is 3.86. The van der Waals surface area contributed by atoms with E-state index >= 15 is 0 Å². The number of halogens is 1. The molecule has 0 saturated carbocycles. The van der Waals surface area contributed by atoms with E-state index in [4.69, 9.17) is 14.6 Å². The highest BCUT2D eigenvalue weighted by Gasteiger charge is 2.07. The van der Waals surface area contributed by atoms with Crippen LogP contribution in [0.3, 0.4) is 0 Å². The van der Waals surface area contributed by atoms with Crippen LogP contribution in [0.5, 0.6) is 0 Å². The molecule has 1 rings (SSSR count). The molecule has 1 N–H and O–H groups in total. The average Bonchev–Trinajstić information content (AvgIpc) is 2.75. The van der Waals surface area contributed by atoms with Crippen molar-refractivity contribution in [3.63, 3.8) is 0 Å². The first kappa shape index (κ1) is 25.1. The van der Waals surface area contributed by atoms with E-state index in [9.17, 15) is 9.18 Å². The summed E-state index contributed by atoms with van der Waals surface area (Å²) < 4.78 is 23.2. The predicted octanol–water partition coefficient (Wildman–Crippen LogP) is 4.17. The van der Waals surface area contributed by atoms with E-state index in [1.54, 1.807) is 37.3 Å². The molecular formula is C23H29FN2O4. The summed E-state index contributed by atoms with van der Waals surface area (Å²) >= 11 is 0. The lowest BCUT2D eigenvalue weighted by atomic mass is 10.1. The molecule has 0 spiro atoms. The molecule has 0 amide bonds. The first-order valence-electron chi connectivity index (χ1n) is 9.67. The van der Waals surface area contributed by atoms with Crippen LogP contribution in [0.4, 0.5) is 4.39 Å². The van der Waals surface area contributed by atoms with Crippen LogP contribution >= 0.6 is 0 Å². The Balaban J connectivity index is 2.34. The minimum absolute atomic E-state index is 0.252. The fraction of sp³-hybridized carbons (Fsp3) is 0.348. The molecule has 0 saturated heterocycles. The van der Waals surface area contributed by atoms with Gasteiger partial charge in [-0.25, -0.2) is 9.18 Å². The molecule has 7 heteroatoms. The molecule has 0 aromatic heterocycles. The summed E-state index contributed by atoms with van der Waals surface area (Å²) in [7, 11) is 0. The normalized spacial score (nSPS) is 18.2. The zero-order valence-electron chi connectivity index (χ0n) is 17.2. The number of nitrogens with zero attached hydrogens (tertiary/aromatic N) is 2. The number of alkyl halides is 1. The van der Waals surface area contributed by atoms with Crippen LogP contribution in [0.15, 0.2) is 82.6 Å². The zero-order valence-corrected chi connectivity index (χ0v) is 17.2. The Morgan fingerprint density at radius 3 is 2.80 bits per heavy atom. The zero-order chi connectivity index (χ0) is 22.2. The number of carbonyl (C=O) groups excluding carboxylic acids is 1. The highest BCUT2D eigenvalue weighted by molar-refractivity contribution is 5.92. The van der Waals surface area contributed by atoms with Gasteiger partial charge < -0.3 is 14.6 Å². The third kappa shape index (κ3) is 11.2. The van der Waals surface area contributed by atoms with Crippen molar-refractivity contribution in [2.24, 2.45) is 10.2 Å². The average molecular weight is 416 g/mol. The van der Waals surface area contributed by atoms with Crippen molar-refractivity contribution in [3.05, 3.63) is 72.4 Å². The third-order valence-electron chi connectivity index (χ3n) is 3.86. The Hall–Kier alpha value is -2.90. The van der Waals surface area contributed by atoms with Gasteiger partial charge in [-0.1, -0.05) is 37.5 Å². The molecule has 0 bridgehead atoms. The Morgan fingerprint density at radius 1 is 1.37 bits per heavy atom. The molecule has 1 aliphatic rings. The molecule has 0 heterocycles. The van der Waals surface area contributed by atoms with Gasteiger partial charge in [-0.2, -0.15) is 10.2 Å². The van der Waals surface area contributed by atoms with Crippen LogP contribution in [0.1, 0.15) is 26.2 Å². The highest BCUT2D eigenvalue weighted by atomic mass is 19.1. The van der Waals surface area contributed by atoms with Crippen LogP contribution in [0.2, 0.25) is 0 Å². The Kier molecular flexibility index (Phi) is 12.6. The van der Waals surface area contributed by atoms with Crippen LogP contribution < -0.4 is 0 Å². The molecule has 0 aromatic rings. The van der Waals surface area contributed by atoms with Gasteiger partial charge in [0, 0.05) is 6.42 Å². The van der Waals surface area contributed by atoms with Gasteiger partial charge in [0.2, 0.25) is 0 Å². The Morgan fingerprint density at radius 2 is 2.13 bits per heavy atom. The molecule has 162 valence electrons. The molecule has 2 unspecified atom stereocenters. The molecule has 6 nitrogen and oxygen atoms in total. The van der Waals surface area contributed by atoms with E-state index < -0.39 is 18.4 Å². The second kappa shape index (κ2) is 15.0. The molecular weight excluding hydrogens is 387 g/mol. The fourth-order valence-corrected chi connectivity index (χ4v) is 2.16. The maximum absolute atomic E-state index is 13.0. The van der Waals surface area contributed by atoms with Crippen molar-refractivity contribution in [2.75, 3.05) is 13.2 Å². The standard InChI is InChI=1S/C23H29FN2O4/c1-4-20(23(28)30-15-7-6-14-29-22(27)5-2)11-8-18(3)16-25-26-17-19-9-12-21(24)13-10-19/h4-5,8-12,16-17,21-22,27H,2-3,6-7,13-15H2,1H3/b11-8-,20-4+,25-16+,26-17+. The second-order valence-electron chi connectivity index (χ2n) is 6.30. The Bertz CT molecular complexity index is 763. The molecule has 0 aromatic carbocycles. The first-order chi connectivity index (χ1) is 14.5. The van der Waals surface area contributed by atoms with E-state index in [1.165, 1.54) is 24.6 Å². The lowest BCUT2D eigenvalue weighted by molar-refractivity contribution is -0.139. The summed E-state index contributed by atoms with van der Waals surface area (Å²) in [5, 5.41) is 16.9. The van der Waals surface area contributed by atoms with Crippen molar-refractivity contribution in [2.45, 2.75) is 38.6 Å². The lowest BCUT2D eigenvalue weighted by Crippen LogP contribution is -2.11. The molecule has 0 radical (unpaired) electrons. The number of ether oxygens (including phenoxy) is 2. The summed E-state index contributed by atoms with van der Waals surface area (Å²) in [5.41, 5.74) is 1.74. The van der Waals surface area contributed by atoms with Gasteiger partial charge in [0.1, 0.15) is 6.17 Å². The van der Waals surface area contributed by atoms with Crippen LogP contribution in [0, 0.1) is 0 Å². The molecule has 2 atom stereocenters. The lowest BCUT2D eigenvalue weighted by Gasteiger charge is -2.08. The van der Waals surface area contributed by atoms with E-state index in [-0.39, 0.29) is 6.61 Å². The number of hydrogen-bond donors (Lipinski definition) is 1. The number of aliphatic hydroxyl groups is 1. The summed E-state index contributed by atoms with van der Waals surface area (Å²) in [6.45, 7) is 9.57. The van der Waals surface area contributed by atoms with Gasteiger partial charge >= 0.3 is 5.97 Å². The fourth-order valence-electron chi connectivity index (χ4n) is 2.16. The summed E-state index contributed by atoms with van der Waals surface area (Å²) in [6.07, 6.45) is 13.7. The van der Waals surface area contributed by atoms with Gasteiger partial charge in [-0.3, -0.25) is 0 Å². The molecule has 30 heavy (non-hydrogen) atoms. The van der Waals surface area contributed by atoms with Crippen LogP contribution in [-0.4, -0.2) is 49.2 Å². The van der Waals surface area contributed by atoms with Crippen molar-refractivity contribution >= 4 is 18.4 Å². The number of allylic oxidation sites excluding steroid dienone is 7. The summed E-state index contributed by atoms with van der Waals surface area (Å²) in [6, 6.07) is 0. The monoisotopic (exact) mass is 416 g/mol. The van der Waals surface area contributed by atoms with Crippen LogP contribution in [0.25, 0.3) is 0 Å². The van der Waals surface area contributed by atoms with Crippen molar-refractivity contribution in [1.29, 1.82) is 0 Å². The topological polar surface area (TPSA) is 80.5 Å². The van der Waals surface area contributed by atoms with Crippen molar-refractivity contribution in [1.82, 2.24) is 0 Å². The quantitative estimate of drug-likeness (QED) is 0.0714. The first-order valence-corrected chi connectivity index (χ1v) is 9.67. The smallest absolute Gasteiger partial charge is 0.337 e. The highest BCUT2D eigenvalue weighted by Crippen LogP contribution is 2.11. The number of carbonyl (C=O) groups is 1. The summed E-state index contributed by atoms with van der Waals surface area (Å²) in [4.78, 5) is 12.1. The van der Waals surface area contributed by atoms with Gasteiger partial charge in [0.15, 0.2) is 6.29 Å². The minimum atomic E-state index is -0.972. The number of hydrogen-bond acceptors (Lipinski definition) is 6.